The van der Waals surface area contributed by atoms with E-state index in [9.17, 15) is 4.79 Å². The Balaban J connectivity index is 0.00000208. The number of nitrogens with one attached hydrogen (secondary N) is 1. The van der Waals surface area contributed by atoms with Gasteiger partial charge in [-0.25, -0.2) is 4.98 Å². The number of halogens is 1. The van der Waals surface area contributed by atoms with Crippen LogP contribution < -0.4 is 5.32 Å². The van der Waals surface area contributed by atoms with Crippen LogP contribution in [0.3, 0.4) is 0 Å². The van der Waals surface area contributed by atoms with Crippen LogP contribution in [0.25, 0.3) is 0 Å². The molecule has 0 saturated carbocycles. The molecule has 1 saturated heterocycles. The molecule has 1 aliphatic rings. The van der Waals surface area contributed by atoms with Crippen molar-refractivity contribution in [2.75, 3.05) is 19.6 Å². The average Bonchev–Trinajstić information content (AvgIpc) is 2.97. The summed E-state index contributed by atoms with van der Waals surface area (Å²) in [5.41, 5.74) is 1.92. The van der Waals surface area contributed by atoms with E-state index in [1.165, 1.54) is 0 Å². The maximum absolute atomic E-state index is 12.7. The average molecular weight is 367 g/mol. The maximum atomic E-state index is 12.7. The molecule has 3 rings (SSSR count). The smallest absolute Gasteiger partial charge is 0.253 e. The number of hydrogen-bond donors (Lipinski definition) is 1. The van der Waals surface area contributed by atoms with Crippen molar-refractivity contribution in [1.82, 2.24) is 19.8 Å². The number of carbonyl (C=O) groups is 1. The summed E-state index contributed by atoms with van der Waals surface area (Å²) in [5, 5.41) is 4.35. The highest BCUT2D eigenvalue weighted by atomic mass is 35.5. The van der Waals surface area contributed by atoms with E-state index in [4.69, 9.17) is 0 Å². The van der Waals surface area contributed by atoms with Crippen molar-refractivity contribution in [1.29, 1.82) is 0 Å². The third-order valence-corrected chi connectivity index (χ3v) is 5.10. The zero-order chi connectivity index (χ0) is 16.2. The lowest BCUT2D eigenvalue weighted by molar-refractivity contribution is 0.0709. The molecule has 0 unspecified atom stereocenters. The molecule has 1 N–H and O–H groups in total. The van der Waals surface area contributed by atoms with Crippen LogP contribution in [0.5, 0.6) is 0 Å². The van der Waals surface area contributed by atoms with Crippen molar-refractivity contribution in [2.45, 2.75) is 23.9 Å². The summed E-state index contributed by atoms with van der Waals surface area (Å²) in [6.07, 6.45) is 3.74. The number of imidazole rings is 1. The molecule has 0 radical (unpaired) electrons. The molecule has 1 aromatic heterocycles. The fourth-order valence-electron chi connectivity index (χ4n) is 2.73. The minimum Gasteiger partial charge on any atom is -0.336 e. The Hall–Kier alpha value is -1.50. The zero-order valence-corrected chi connectivity index (χ0v) is 15.6. The topological polar surface area (TPSA) is 50.2 Å². The largest absolute Gasteiger partial charge is 0.336 e. The summed E-state index contributed by atoms with van der Waals surface area (Å²) >= 11 is 1.68. The molecule has 0 aliphatic carbocycles. The summed E-state index contributed by atoms with van der Waals surface area (Å²) < 4.78 is 2.00. The van der Waals surface area contributed by atoms with E-state index in [1.807, 2.05) is 40.9 Å². The van der Waals surface area contributed by atoms with Gasteiger partial charge in [-0.05, 0) is 24.6 Å². The van der Waals surface area contributed by atoms with Gasteiger partial charge in [-0.15, -0.1) is 12.4 Å². The summed E-state index contributed by atoms with van der Waals surface area (Å²) in [6, 6.07) is 8.30. The SMILES string of the molecule is C[C@@H]1CN(C(=O)c2cccc(CSc3nccn3C)c2)CCN1.Cl. The van der Waals surface area contributed by atoms with Gasteiger partial charge in [-0.2, -0.15) is 0 Å². The molecular formula is C17H23ClN4OS. The third kappa shape index (κ3) is 4.53. The number of hydrogen-bond acceptors (Lipinski definition) is 4. The lowest BCUT2D eigenvalue weighted by Gasteiger charge is -2.32. The van der Waals surface area contributed by atoms with Gasteiger partial charge in [0.1, 0.15) is 0 Å². The number of aryl methyl sites for hydroxylation is 1. The second-order valence-corrected chi connectivity index (χ2v) is 6.86. The maximum Gasteiger partial charge on any atom is 0.253 e. The number of amides is 1. The van der Waals surface area contributed by atoms with Gasteiger partial charge >= 0.3 is 0 Å². The van der Waals surface area contributed by atoms with E-state index in [1.54, 1.807) is 18.0 Å². The summed E-state index contributed by atoms with van der Waals surface area (Å²) in [4.78, 5) is 18.9. The molecule has 0 bridgehead atoms. The minimum absolute atomic E-state index is 0. The fraction of sp³-hybridized carbons (Fsp3) is 0.412. The zero-order valence-electron chi connectivity index (χ0n) is 13.9. The van der Waals surface area contributed by atoms with Gasteiger partial charge in [-0.1, -0.05) is 23.9 Å². The molecule has 1 fully saturated rings. The van der Waals surface area contributed by atoms with Crippen LogP contribution in [0.1, 0.15) is 22.8 Å². The normalized spacial score (nSPS) is 17.4. The first-order chi connectivity index (χ1) is 11.1. The Labute approximate surface area is 153 Å². The summed E-state index contributed by atoms with van der Waals surface area (Å²) in [5.74, 6) is 0.936. The standard InChI is InChI=1S/C17H22N4OS.ClH/c1-13-11-21(9-7-18-13)16(22)15-5-3-4-14(10-15)12-23-17-19-6-8-20(17)2;/h3-6,8,10,13,18H,7,9,11-12H2,1-2H3;1H/t13-;/m1./s1. The van der Waals surface area contributed by atoms with Gasteiger partial charge < -0.3 is 14.8 Å². The number of rotatable bonds is 4. The monoisotopic (exact) mass is 366 g/mol. The molecule has 2 aromatic rings. The van der Waals surface area contributed by atoms with Gasteiger partial charge in [0.15, 0.2) is 5.16 Å². The predicted octanol–water partition coefficient (Wildman–Crippen LogP) is 2.57. The van der Waals surface area contributed by atoms with E-state index < -0.39 is 0 Å². The highest BCUT2D eigenvalue weighted by Crippen LogP contribution is 2.21. The minimum atomic E-state index is 0. The van der Waals surface area contributed by atoms with Crippen LogP contribution in [-0.2, 0) is 12.8 Å². The van der Waals surface area contributed by atoms with Crippen LogP contribution in [0, 0.1) is 0 Å². The number of nitrogens with zero attached hydrogens (tertiary/aromatic N) is 3. The second kappa shape index (κ2) is 8.55. The first-order valence-corrected chi connectivity index (χ1v) is 8.84. The predicted molar refractivity (Wildman–Crippen MR) is 99.8 cm³/mol. The van der Waals surface area contributed by atoms with E-state index in [0.29, 0.717) is 6.04 Å². The molecule has 1 aliphatic heterocycles. The highest BCUT2D eigenvalue weighted by Gasteiger charge is 2.21. The molecule has 5 nitrogen and oxygen atoms in total. The van der Waals surface area contributed by atoms with E-state index in [0.717, 1.165) is 41.7 Å². The second-order valence-electron chi connectivity index (χ2n) is 5.92. The third-order valence-electron chi connectivity index (χ3n) is 3.97. The molecule has 0 spiro atoms. The fourth-order valence-corrected chi connectivity index (χ4v) is 3.61. The number of benzene rings is 1. The molecule has 24 heavy (non-hydrogen) atoms. The van der Waals surface area contributed by atoms with Gasteiger partial charge in [0.2, 0.25) is 0 Å². The number of aromatic nitrogens is 2. The van der Waals surface area contributed by atoms with Crippen molar-refractivity contribution in [3.8, 4) is 0 Å². The lowest BCUT2D eigenvalue weighted by Crippen LogP contribution is -2.51. The van der Waals surface area contributed by atoms with E-state index in [2.05, 4.69) is 23.3 Å². The summed E-state index contributed by atoms with van der Waals surface area (Å²) in [7, 11) is 1.99. The number of carbonyl (C=O) groups excluding carboxylic acids is 1. The molecule has 7 heteroatoms. The van der Waals surface area contributed by atoms with Crippen LogP contribution in [0.15, 0.2) is 41.8 Å². The van der Waals surface area contributed by atoms with Crippen molar-refractivity contribution >= 4 is 30.1 Å². The van der Waals surface area contributed by atoms with Gasteiger partial charge in [-0.3, -0.25) is 4.79 Å². The van der Waals surface area contributed by atoms with Gasteiger partial charge in [0.05, 0.1) is 0 Å². The van der Waals surface area contributed by atoms with Crippen molar-refractivity contribution < 1.29 is 4.79 Å². The Bertz CT molecular complexity index is 691. The number of thioether (sulfide) groups is 1. The first kappa shape index (κ1) is 18.8. The van der Waals surface area contributed by atoms with Crippen LogP contribution >= 0.6 is 24.2 Å². The molecular weight excluding hydrogens is 344 g/mol. The summed E-state index contributed by atoms with van der Waals surface area (Å²) in [6.45, 7) is 4.52. The molecule has 2 heterocycles. The Morgan fingerprint density at radius 3 is 3.00 bits per heavy atom. The quantitative estimate of drug-likeness (QED) is 0.845. The molecule has 130 valence electrons. The Morgan fingerprint density at radius 2 is 2.29 bits per heavy atom. The number of piperazine rings is 1. The van der Waals surface area contributed by atoms with Crippen LogP contribution in [-0.4, -0.2) is 46.0 Å². The molecule has 1 aromatic carbocycles. The van der Waals surface area contributed by atoms with Gasteiger partial charge in [0.25, 0.3) is 5.91 Å². The highest BCUT2D eigenvalue weighted by molar-refractivity contribution is 7.98. The molecule has 1 atom stereocenters. The lowest BCUT2D eigenvalue weighted by atomic mass is 10.1. The van der Waals surface area contributed by atoms with Crippen LogP contribution in [0.4, 0.5) is 0 Å². The van der Waals surface area contributed by atoms with Crippen molar-refractivity contribution in [3.05, 3.63) is 47.8 Å². The van der Waals surface area contributed by atoms with Crippen molar-refractivity contribution in [3.63, 3.8) is 0 Å². The Morgan fingerprint density at radius 1 is 1.46 bits per heavy atom. The van der Waals surface area contributed by atoms with E-state index in [-0.39, 0.29) is 18.3 Å². The van der Waals surface area contributed by atoms with E-state index >= 15 is 0 Å². The van der Waals surface area contributed by atoms with Gasteiger partial charge in [0, 0.05) is 56.4 Å². The Kier molecular flexibility index (Phi) is 6.71. The van der Waals surface area contributed by atoms with Crippen molar-refractivity contribution in [2.24, 2.45) is 7.05 Å². The first-order valence-electron chi connectivity index (χ1n) is 7.85. The van der Waals surface area contributed by atoms with Crippen LogP contribution in [0.2, 0.25) is 0 Å². The molecule has 1 amide bonds.